The predicted molar refractivity (Wildman–Crippen MR) is 204 cm³/mol. The van der Waals surface area contributed by atoms with Gasteiger partial charge in [-0.3, -0.25) is 0 Å². The first-order chi connectivity index (χ1) is 23.8. The topological polar surface area (TPSA) is 17.0 Å². The molecule has 8 aromatic carbocycles. The van der Waals surface area contributed by atoms with E-state index in [1.807, 2.05) is 6.07 Å². The fourth-order valence-electron chi connectivity index (χ4n) is 7.13. The molecule has 0 unspecified atom stereocenters. The van der Waals surface area contributed by atoms with Crippen molar-refractivity contribution in [1.29, 1.82) is 0 Å². The Balaban J connectivity index is 1.21. The first kappa shape index (κ1) is 27.9. The highest BCUT2D eigenvalue weighted by Crippen LogP contribution is 2.40. The van der Waals surface area contributed by atoms with Gasteiger partial charge in [-0.05, 0) is 81.7 Å². The summed E-state index contributed by atoms with van der Waals surface area (Å²) < 4.78 is 2.44. The first-order valence-electron chi connectivity index (χ1n) is 16.4. The highest BCUT2D eigenvalue weighted by atomic mass is 15.0. The Bertz CT molecular complexity index is 2560. The lowest BCUT2D eigenvalue weighted by Gasteiger charge is -2.16. The molecule has 0 radical (unpaired) electrons. The van der Waals surface area contributed by atoms with E-state index >= 15 is 0 Å². The maximum absolute atomic E-state index is 3.65. The number of para-hydroxylation sites is 2. The van der Waals surface area contributed by atoms with Crippen LogP contribution in [-0.4, -0.2) is 4.57 Å². The van der Waals surface area contributed by atoms with Gasteiger partial charge in [0.1, 0.15) is 0 Å². The zero-order valence-electron chi connectivity index (χ0n) is 26.3. The predicted octanol–water partition coefficient (Wildman–Crippen LogP) is 12.7. The molecule has 0 atom stereocenters. The number of nitrogens with zero attached hydrogens (tertiary/aromatic N) is 1. The van der Waals surface area contributed by atoms with Crippen LogP contribution in [0.2, 0.25) is 0 Å². The molecule has 9 rings (SSSR count). The first-order valence-corrected chi connectivity index (χ1v) is 16.4. The average Bonchev–Trinajstić information content (AvgIpc) is 3.49. The largest absolute Gasteiger partial charge is 0.355 e. The van der Waals surface area contributed by atoms with E-state index in [1.165, 1.54) is 71.6 Å². The number of fused-ring (bicyclic) bond motifs is 4. The van der Waals surface area contributed by atoms with Crippen molar-refractivity contribution >= 4 is 44.0 Å². The van der Waals surface area contributed by atoms with Crippen LogP contribution in [-0.2, 0) is 0 Å². The Kier molecular flexibility index (Phi) is 6.84. The maximum atomic E-state index is 3.65. The third-order valence-electron chi connectivity index (χ3n) is 9.39. The standard InChI is InChI=1S/C46H32N2/c1-4-14-32(15-5-1)37-26-29-45(39-21-11-10-20-38(37)39)48-44-23-13-12-22-40(44)42-31-35(25-28-46(42)48)34-24-27-43(47-36-18-8-3-9-19-36)41(30-34)33-16-6-2-7-17-33/h1-31,47H. The molecule has 0 aliphatic rings. The summed E-state index contributed by atoms with van der Waals surface area (Å²) in [4.78, 5) is 0. The summed E-state index contributed by atoms with van der Waals surface area (Å²) in [5.41, 5.74) is 12.9. The molecule has 0 aliphatic heterocycles. The van der Waals surface area contributed by atoms with Gasteiger partial charge in [0.25, 0.3) is 0 Å². The SMILES string of the molecule is c1ccc(Nc2ccc(-c3ccc4c(c3)c3ccccc3n4-c3ccc(-c4ccccc4)c4ccccc34)cc2-c2ccccc2)cc1. The van der Waals surface area contributed by atoms with Gasteiger partial charge in [0, 0.05) is 33.1 Å². The molecular formula is C46H32N2. The zero-order chi connectivity index (χ0) is 31.9. The monoisotopic (exact) mass is 612 g/mol. The molecule has 0 fully saturated rings. The van der Waals surface area contributed by atoms with E-state index in [4.69, 9.17) is 0 Å². The van der Waals surface area contributed by atoms with Crippen molar-refractivity contribution in [2.24, 2.45) is 0 Å². The minimum absolute atomic E-state index is 1.07. The Hall–Kier alpha value is -6.38. The summed E-state index contributed by atoms with van der Waals surface area (Å²) in [5, 5.41) is 8.63. The van der Waals surface area contributed by atoms with Gasteiger partial charge in [0.05, 0.1) is 16.7 Å². The molecule has 48 heavy (non-hydrogen) atoms. The van der Waals surface area contributed by atoms with Crippen LogP contribution in [0.4, 0.5) is 11.4 Å². The third-order valence-corrected chi connectivity index (χ3v) is 9.39. The van der Waals surface area contributed by atoms with Crippen LogP contribution in [0.5, 0.6) is 0 Å². The van der Waals surface area contributed by atoms with Gasteiger partial charge in [-0.15, -0.1) is 0 Å². The van der Waals surface area contributed by atoms with Gasteiger partial charge >= 0.3 is 0 Å². The maximum Gasteiger partial charge on any atom is 0.0541 e. The second-order valence-electron chi connectivity index (χ2n) is 12.2. The quantitative estimate of drug-likeness (QED) is 0.198. The average molecular weight is 613 g/mol. The highest BCUT2D eigenvalue weighted by molar-refractivity contribution is 6.12. The van der Waals surface area contributed by atoms with Gasteiger partial charge in [0.15, 0.2) is 0 Å². The lowest BCUT2D eigenvalue weighted by Crippen LogP contribution is -1.96. The molecule has 0 saturated heterocycles. The number of aromatic nitrogens is 1. The van der Waals surface area contributed by atoms with Crippen LogP contribution in [0.25, 0.3) is 71.6 Å². The molecule has 0 amide bonds. The van der Waals surface area contributed by atoms with Crippen molar-refractivity contribution < 1.29 is 0 Å². The number of rotatable bonds is 6. The van der Waals surface area contributed by atoms with Crippen LogP contribution in [0.3, 0.4) is 0 Å². The van der Waals surface area contributed by atoms with E-state index in [1.54, 1.807) is 0 Å². The molecule has 0 aliphatic carbocycles. The van der Waals surface area contributed by atoms with Gasteiger partial charge in [0.2, 0.25) is 0 Å². The number of benzene rings is 8. The molecule has 1 N–H and O–H groups in total. The minimum Gasteiger partial charge on any atom is -0.355 e. The molecule has 2 nitrogen and oxygen atoms in total. The molecule has 0 bridgehead atoms. The van der Waals surface area contributed by atoms with E-state index in [2.05, 4.69) is 192 Å². The molecule has 1 aromatic heterocycles. The zero-order valence-corrected chi connectivity index (χ0v) is 26.3. The molecule has 2 heteroatoms. The van der Waals surface area contributed by atoms with E-state index in [9.17, 15) is 0 Å². The van der Waals surface area contributed by atoms with Crippen LogP contribution >= 0.6 is 0 Å². The molecule has 9 aromatic rings. The number of hydrogen-bond donors (Lipinski definition) is 1. The van der Waals surface area contributed by atoms with Crippen molar-refractivity contribution in [2.45, 2.75) is 0 Å². The van der Waals surface area contributed by atoms with Crippen LogP contribution in [0.1, 0.15) is 0 Å². The Morgan fingerprint density at radius 1 is 0.333 bits per heavy atom. The van der Waals surface area contributed by atoms with Gasteiger partial charge in [-0.2, -0.15) is 0 Å². The second-order valence-corrected chi connectivity index (χ2v) is 12.2. The summed E-state index contributed by atoms with van der Waals surface area (Å²) in [6.07, 6.45) is 0. The summed E-state index contributed by atoms with van der Waals surface area (Å²) in [5.74, 6) is 0. The molecule has 0 spiro atoms. The van der Waals surface area contributed by atoms with Crippen molar-refractivity contribution in [1.82, 2.24) is 4.57 Å². The minimum atomic E-state index is 1.07. The fraction of sp³-hybridized carbons (Fsp3) is 0. The van der Waals surface area contributed by atoms with Crippen LogP contribution in [0, 0.1) is 0 Å². The Morgan fingerprint density at radius 2 is 0.896 bits per heavy atom. The van der Waals surface area contributed by atoms with Crippen molar-refractivity contribution in [3.8, 4) is 39.1 Å². The normalized spacial score (nSPS) is 11.3. The smallest absolute Gasteiger partial charge is 0.0541 e. The third kappa shape index (κ3) is 4.83. The van der Waals surface area contributed by atoms with Crippen molar-refractivity contribution in [3.05, 3.63) is 188 Å². The number of nitrogens with one attached hydrogen (secondary N) is 1. The Morgan fingerprint density at radius 3 is 1.65 bits per heavy atom. The molecule has 1 heterocycles. The lowest BCUT2D eigenvalue weighted by molar-refractivity contribution is 1.20. The number of hydrogen-bond acceptors (Lipinski definition) is 1. The van der Waals surface area contributed by atoms with E-state index in [0.717, 1.165) is 11.4 Å². The van der Waals surface area contributed by atoms with Gasteiger partial charge in [-0.25, -0.2) is 0 Å². The van der Waals surface area contributed by atoms with Crippen molar-refractivity contribution in [2.75, 3.05) is 5.32 Å². The molecule has 226 valence electrons. The highest BCUT2D eigenvalue weighted by Gasteiger charge is 2.17. The number of anilines is 2. The Labute approximate surface area is 280 Å². The summed E-state index contributed by atoms with van der Waals surface area (Å²) in [7, 11) is 0. The van der Waals surface area contributed by atoms with Crippen LogP contribution < -0.4 is 5.32 Å². The van der Waals surface area contributed by atoms with Gasteiger partial charge < -0.3 is 9.88 Å². The molecule has 0 saturated carbocycles. The molecular weight excluding hydrogens is 581 g/mol. The van der Waals surface area contributed by atoms with Gasteiger partial charge in [-0.1, -0.05) is 140 Å². The van der Waals surface area contributed by atoms with E-state index < -0.39 is 0 Å². The van der Waals surface area contributed by atoms with Crippen LogP contribution in [0.15, 0.2) is 188 Å². The summed E-state index contributed by atoms with van der Waals surface area (Å²) >= 11 is 0. The second kappa shape index (κ2) is 11.8. The summed E-state index contributed by atoms with van der Waals surface area (Å²) in [6.45, 7) is 0. The summed E-state index contributed by atoms with van der Waals surface area (Å²) in [6, 6.07) is 67.5. The fourth-order valence-corrected chi connectivity index (χ4v) is 7.13. The lowest BCUT2D eigenvalue weighted by atomic mass is 9.96. The van der Waals surface area contributed by atoms with E-state index in [-0.39, 0.29) is 0 Å². The van der Waals surface area contributed by atoms with E-state index in [0.29, 0.717) is 0 Å². The van der Waals surface area contributed by atoms with Crippen molar-refractivity contribution in [3.63, 3.8) is 0 Å².